The van der Waals surface area contributed by atoms with Gasteiger partial charge in [-0.15, -0.1) is 0 Å². The van der Waals surface area contributed by atoms with Crippen molar-refractivity contribution in [2.75, 3.05) is 64.7 Å². The minimum absolute atomic E-state index is 0.526. The van der Waals surface area contributed by atoms with Crippen LogP contribution in [0.2, 0.25) is 0 Å². The molecule has 0 aliphatic carbocycles. The zero-order valence-corrected chi connectivity index (χ0v) is 23.2. The number of methoxy groups -OCH3 is 1. The van der Waals surface area contributed by atoms with Gasteiger partial charge in [0, 0.05) is 50.8 Å². The Kier molecular flexibility index (Phi) is 10.1. The van der Waals surface area contributed by atoms with Crippen LogP contribution >= 0.6 is 0 Å². The Morgan fingerprint density at radius 3 is 2.38 bits per heavy atom. The van der Waals surface area contributed by atoms with Crippen LogP contribution in [0.15, 0.2) is 91.3 Å². The predicted octanol–water partition coefficient (Wildman–Crippen LogP) is 4.82. The summed E-state index contributed by atoms with van der Waals surface area (Å²) in [5, 5.41) is 4.33. The van der Waals surface area contributed by atoms with Crippen LogP contribution in [0, 0.1) is 0 Å². The van der Waals surface area contributed by atoms with Crippen LogP contribution in [0.1, 0.15) is 11.1 Å². The Morgan fingerprint density at radius 1 is 0.825 bits per heavy atom. The molecule has 0 radical (unpaired) electrons. The molecule has 210 valence electrons. The average molecular weight is 543 g/mol. The third-order valence-corrected chi connectivity index (χ3v) is 6.94. The summed E-state index contributed by atoms with van der Waals surface area (Å²) >= 11 is 0. The van der Waals surface area contributed by atoms with E-state index < -0.39 is 0 Å². The Labute approximate surface area is 236 Å². The maximum absolute atomic E-state index is 5.95. The number of ether oxygens (including phenoxy) is 4. The third kappa shape index (κ3) is 8.08. The lowest BCUT2D eigenvalue weighted by Crippen LogP contribution is -2.38. The highest BCUT2D eigenvalue weighted by atomic mass is 16.5. The number of morpholine rings is 1. The van der Waals surface area contributed by atoms with Crippen LogP contribution in [0.3, 0.4) is 0 Å². The van der Waals surface area contributed by atoms with Crippen LogP contribution < -0.4 is 14.4 Å². The van der Waals surface area contributed by atoms with Gasteiger partial charge in [0.15, 0.2) is 0 Å². The van der Waals surface area contributed by atoms with Gasteiger partial charge in [0.25, 0.3) is 0 Å². The first-order valence-corrected chi connectivity index (χ1v) is 13.8. The Hall–Kier alpha value is -3.85. The number of benzene rings is 3. The van der Waals surface area contributed by atoms with Crippen molar-refractivity contribution in [3.63, 3.8) is 0 Å². The second-order valence-electron chi connectivity index (χ2n) is 9.73. The molecule has 4 aromatic rings. The molecule has 1 fully saturated rings. The zero-order chi connectivity index (χ0) is 27.4. The van der Waals surface area contributed by atoms with E-state index in [0.29, 0.717) is 19.8 Å². The van der Waals surface area contributed by atoms with Gasteiger partial charge in [-0.3, -0.25) is 4.90 Å². The molecule has 8 nitrogen and oxygen atoms in total. The number of nitrogens with zero attached hydrogens (tertiary/aromatic N) is 4. The minimum Gasteiger partial charge on any atom is -0.497 e. The molecule has 5 rings (SSSR count). The standard InChI is InChI=1S/C32H38N4O4/c1-37-32-5-2-4-28(24-32)26-35(25-27-6-8-30(9-7-27)36-15-3-14-33-36)29-10-12-31(13-11-29)40-23-22-39-21-18-34-16-19-38-20-17-34/h2-15,24H,16-23,25-26H2,1H3. The summed E-state index contributed by atoms with van der Waals surface area (Å²) in [6.45, 7) is 7.85. The monoisotopic (exact) mass is 542 g/mol. The molecule has 1 aliphatic heterocycles. The molecule has 0 unspecified atom stereocenters. The molecule has 8 heteroatoms. The molecular formula is C32H38N4O4. The molecule has 0 spiro atoms. The summed E-state index contributed by atoms with van der Waals surface area (Å²) in [5.41, 5.74) is 4.56. The van der Waals surface area contributed by atoms with Gasteiger partial charge in [-0.2, -0.15) is 5.10 Å². The molecule has 0 bridgehead atoms. The molecule has 3 aromatic carbocycles. The van der Waals surface area contributed by atoms with Gasteiger partial charge in [-0.1, -0.05) is 24.3 Å². The number of aromatic nitrogens is 2. The highest BCUT2D eigenvalue weighted by Gasteiger charge is 2.12. The second kappa shape index (κ2) is 14.5. The van der Waals surface area contributed by atoms with Crippen molar-refractivity contribution in [1.29, 1.82) is 0 Å². The number of hydrogen-bond acceptors (Lipinski definition) is 7. The smallest absolute Gasteiger partial charge is 0.119 e. The van der Waals surface area contributed by atoms with E-state index in [0.717, 1.165) is 68.8 Å². The first kappa shape index (κ1) is 27.7. The van der Waals surface area contributed by atoms with Gasteiger partial charge in [-0.25, -0.2) is 4.68 Å². The predicted molar refractivity (Wildman–Crippen MR) is 156 cm³/mol. The van der Waals surface area contributed by atoms with Crippen molar-refractivity contribution in [2.24, 2.45) is 0 Å². The van der Waals surface area contributed by atoms with E-state index in [1.54, 1.807) is 13.3 Å². The zero-order valence-electron chi connectivity index (χ0n) is 23.2. The number of hydrogen-bond donors (Lipinski definition) is 0. The van der Waals surface area contributed by atoms with Crippen molar-refractivity contribution in [2.45, 2.75) is 13.1 Å². The lowest BCUT2D eigenvalue weighted by Gasteiger charge is -2.26. The fourth-order valence-corrected chi connectivity index (χ4v) is 4.72. The molecule has 2 heterocycles. The molecule has 1 aliphatic rings. The topological polar surface area (TPSA) is 61.2 Å². The van der Waals surface area contributed by atoms with Crippen molar-refractivity contribution in [3.8, 4) is 17.2 Å². The first-order chi connectivity index (χ1) is 19.8. The molecule has 40 heavy (non-hydrogen) atoms. The van der Waals surface area contributed by atoms with E-state index >= 15 is 0 Å². The first-order valence-electron chi connectivity index (χ1n) is 13.8. The Morgan fingerprint density at radius 2 is 1.62 bits per heavy atom. The van der Waals surface area contributed by atoms with Gasteiger partial charge in [-0.05, 0) is 65.7 Å². The summed E-state index contributed by atoms with van der Waals surface area (Å²) < 4.78 is 24.4. The van der Waals surface area contributed by atoms with Gasteiger partial charge >= 0.3 is 0 Å². The summed E-state index contributed by atoms with van der Waals surface area (Å²) in [7, 11) is 1.70. The normalized spacial score (nSPS) is 13.7. The highest BCUT2D eigenvalue weighted by molar-refractivity contribution is 5.51. The molecule has 0 amide bonds. The highest BCUT2D eigenvalue weighted by Crippen LogP contribution is 2.25. The van der Waals surface area contributed by atoms with Gasteiger partial charge in [0.1, 0.15) is 18.1 Å². The quantitative estimate of drug-likeness (QED) is 0.212. The Balaban J connectivity index is 1.18. The van der Waals surface area contributed by atoms with Crippen molar-refractivity contribution in [3.05, 3.63) is 102 Å². The lowest BCUT2D eigenvalue weighted by atomic mass is 10.1. The van der Waals surface area contributed by atoms with E-state index in [2.05, 4.69) is 63.4 Å². The van der Waals surface area contributed by atoms with Gasteiger partial charge in [0.2, 0.25) is 0 Å². The van der Waals surface area contributed by atoms with Crippen molar-refractivity contribution in [1.82, 2.24) is 14.7 Å². The molecule has 0 atom stereocenters. The van der Waals surface area contributed by atoms with E-state index in [9.17, 15) is 0 Å². The molecule has 1 aromatic heterocycles. The van der Waals surface area contributed by atoms with E-state index in [1.165, 1.54) is 11.1 Å². The number of rotatable bonds is 14. The molecule has 1 saturated heterocycles. The molecular weight excluding hydrogens is 504 g/mol. The molecule has 0 saturated carbocycles. The van der Waals surface area contributed by atoms with Crippen LogP contribution in [0.4, 0.5) is 5.69 Å². The number of anilines is 1. The summed E-state index contributed by atoms with van der Waals surface area (Å²) in [6, 6.07) is 27.0. The van der Waals surface area contributed by atoms with Crippen molar-refractivity contribution >= 4 is 5.69 Å². The van der Waals surface area contributed by atoms with Crippen molar-refractivity contribution < 1.29 is 18.9 Å². The maximum atomic E-state index is 5.95. The van der Waals surface area contributed by atoms with Crippen LogP contribution in [0.25, 0.3) is 5.69 Å². The average Bonchev–Trinajstić information content (AvgIpc) is 3.55. The fraction of sp³-hybridized carbons (Fsp3) is 0.344. The SMILES string of the molecule is COc1cccc(CN(Cc2ccc(-n3cccn3)cc2)c2ccc(OCCOCCN3CCOCC3)cc2)c1. The minimum atomic E-state index is 0.526. The summed E-state index contributed by atoms with van der Waals surface area (Å²) in [4.78, 5) is 4.73. The van der Waals surface area contributed by atoms with E-state index in [1.807, 2.05) is 41.2 Å². The largest absolute Gasteiger partial charge is 0.497 e. The van der Waals surface area contributed by atoms with Gasteiger partial charge < -0.3 is 23.8 Å². The Bertz CT molecular complexity index is 1270. The lowest BCUT2D eigenvalue weighted by molar-refractivity contribution is 0.0170. The van der Waals surface area contributed by atoms with Crippen LogP contribution in [-0.2, 0) is 22.6 Å². The van der Waals surface area contributed by atoms with Crippen LogP contribution in [0.5, 0.6) is 11.5 Å². The maximum Gasteiger partial charge on any atom is 0.119 e. The van der Waals surface area contributed by atoms with Gasteiger partial charge in [0.05, 0.1) is 39.2 Å². The van der Waals surface area contributed by atoms with E-state index in [-0.39, 0.29) is 0 Å². The fourth-order valence-electron chi connectivity index (χ4n) is 4.72. The summed E-state index contributed by atoms with van der Waals surface area (Å²) in [5.74, 6) is 1.70. The molecule has 0 N–H and O–H groups in total. The van der Waals surface area contributed by atoms with E-state index in [4.69, 9.17) is 18.9 Å². The second-order valence-corrected chi connectivity index (χ2v) is 9.73. The third-order valence-electron chi connectivity index (χ3n) is 6.94. The van der Waals surface area contributed by atoms with Crippen LogP contribution in [-0.4, -0.2) is 74.5 Å². The summed E-state index contributed by atoms with van der Waals surface area (Å²) in [6.07, 6.45) is 3.74.